The molecule has 1 aromatic heterocycles. The van der Waals surface area contributed by atoms with Gasteiger partial charge >= 0.3 is 6.18 Å². The van der Waals surface area contributed by atoms with Crippen molar-refractivity contribution in [2.75, 3.05) is 6.54 Å². The summed E-state index contributed by atoms with van der Waals surface area (Å²) in [5, 5.41) is 6.34. The van der Waals surface area contributed by atoms with Gasteiger partial charge in [0.2, 0.25) is 5.91 Å². The molecular weight excluding hydrogens is 367 g/mol. The lowest BCUT2D eigenvalue weighted by Gasteiger charge is -2.21. The summed E-state index contributed by atoms with van der Waals surface area (Å²) < 4.78 is 38.5. The van der Waals surface area contributed by atoms with E-state index in [1.807, 2.05) is 12.1 Å². The molecule has 1 aliphatic carbocycles. The fourth-order valence-electron chi connectivity index (χ4n) is 3.36. The second-order valence-corrected chi connectivity index (χ2v) is 7.32. The maximum absolute atomic E-state index is 12.8. The molecule has 1 aromatic rings. The Labute approximate surface area is 162 Å². The van der Waals surface area contributed by atoms with E-state index in [2.05, 4.69) is 22.2 Å². The topological polar surface area (TPSA) is 54.0 Å². The monoisotopic (exact) mass is 391 g/mol. The Morgan fingerprint density at radius 3 is 2.71 bits per heavy atom. The molecule has 0 aromatic carbocycles. The molecule has 0 bridgehead atoms. The minimum Gasteiger partial charge on any atom is -0.345 e. The Bertz CT molecular complexity index is 816. The summed E-state index contributed by atoms with van der Waals surface area (Å²) in [7, 11) is 0. The second-order valence-electron chi connectivity index (χ2n) is 7.32. The summed E-state index contributed by atoms with van der Waals surface area (Å²) in [5.41, 5.74) is 0.912. The van der Waals surface area contributed by atoms with Gasteiger partial charge in [-0.2, -0.15) is 13.2 Å². The zero-order valence-corrected chi connectivity index (χ0v) is 15.8. The van der Waals surface area contributed by atoms with E-state index >= 15 is 0 Å². The van der Waals surface area contributed by atoms with E-state index in [1.54, 1.807) is 13.1 Å². The molecule has 1 saturated heterocycles. The maximum Gasteiger partial charge on any atom is 0.416 e. The van der Waals surface area contributed by atoms with E-state index in [4.69, 9.17) is 0 Å². The van der Waals surface area contributed by atoms with Crippen molar-refractivity contribution in [3.63, 3.8) is 0 Å². The Morgan fingerprint density at radius 2 is 2.14 bits per heavy atom. The molecule has 2 fully saturated rings. The number of carbonyl (C=O) groups is 1. The van der Waals surface area contributed by atoms with Crippen LogP contribution in [0.25, 0.3) is 5.57 Å². The van der Waals surface area contributed by atoms with Gasteiger partial charge in [-0.3, -0.25) is 9.78 Å². The van der Waals surface area contributed by atoms with Crippen LogP contribution in [0.4, 0.5) is 13.2 Å². The van der Waals surface area contributed by atoms with Crippen LogP contribution in [0.5, 0.6) is 0 Å². The fraction of sp³-hybridized carbons (Fsp3) is 0.429. The quantitative estimate of drug-likeness (QED) is 0.721. The number of aromatic nitrogens is 1. The lowest BCUT2D eigenvalue weighted by Crippen LogP contribution is -2.45. The molecule has 2 aliphatic rings. The minimum absolute atomic E-state index is 0.00404. The van der Waals surface area contributed by atoms with E-state index in [1.165, 1.54) is 6.08 Å². The van der Waals surface area contributed by atoms with Gasteiger partial charge in [0, 0.05) is 6.20 Å². The second kappa shape index (κ2) is 7.91. The number of allylic oxidation sites excluding steroid dienone is 5. The van der Waals surface area contributed by atoms with Crippen LogP contribution in [-0.4, -0.2) is 29.7 Å². The van der Waals surface area contributed by atoms with Crippen molar-refractivity contribution < 1.29 is 18.0 Å². The van der Waals surface area contributed by atoms with Crippen molar-refractivity contribution in [1.82, 2.24) is 15.6 Å². The number of amides is 1. The van der Waals surface area contributed by atoms with E-state index in [-0.39, 0.29) is 11.9 Å². The zero-order chi connectivity index (χ0) is 20.4. The number of nitrogens with zero attached hydrogens (tertiary/aromatic N) is 1. The highest BCUT2D eigenvalue weighted by atomic mass is 19.4. The highest BCUT2D eigenvalue weighted by Crippen LogP contribution is 2.46. The van der Waals surface area contributed by atoms with Crippen LogP contribution in [-0.2, 0) is 10.3 Å². The van der Waals surface area contributed by atoms with Gasteiger partial charge < -0.3 is 10.6 Å². The van der Waals surface area contributed by atoms with Gasteiger partial charge in [-0.25, -0.2) is 0 Å². The van der Waals surface area contributed by atoms with Gasteiger partial charge in [-0.15, -0.1) is 0 Å². The predicted octanol–water partition coefficient (Wildman–Crippen LogP) is 4.02. The number of halogens is 3. The van der Waals surface area contributed by atoms with Crippen LogP contribution in [0.1, 0.15) is 43.9 Å². The molecule has 4 nitrogen and oxygen atoms in total. The maximum atomic E-state index is 12.8. The average molecular weight is 391 g/mol. The van der Waals surface area contributed by atoms with Gasteiger partial charge in [0.05, 0.1) is 22.8 Å². The summed E-state index contributed by atoms with van der Waals surface area (Å²) in [6, 6.07) is 3.55. The molecular formula is C21H24F3N3O. The normalized spacial score (nSPS) is 22.1. The van der Waals surface area contributed by atoms with Crippen LogP contribution in [0.2, 0.25) is 0 Å². The SMILES string of the molecule is C=C/C(=C\C=C(/C)c1cc(C2(NC(=O)C3CCCN3)CC2)ccn1)C(F)(F)F. The molecule has 0 radical (unpaired) electrons. The third kappa shape index (κ3) is 4.52. The first-order chi connectivity index (χ1) is 13.2. The summed E-state index contributed by atoms with van der Waals surface area (Å²) >= 11 is 0. The molecule has 2 N–H and O–H groups in total. The summed E-state index contributed by atoms with van der Waals surface area (Å²) in [5.74, 6) is 0.00404. The summed E-state index contributed by atoms with van der Waals surface area (Å²) in [6.07, 6.45) is 3.87. The van der Waals surface area contributed by atoms with Crippen LogP contribution < -0.4 is 10.6 Å². The third-order valence-corrected chi connectivity index (χ3v) is 5.27. The van der Waals surface area contributed by atoms with E-state index in [0.29, 0.717) is 11.3 Å². The van der Waals surface area contributed by atoms with Gasteiger partial charge in [0.15, 0.2) is 0 Å². The molecule has 28 heavy (non-hydrogen) atoms. The standard InChI is InChI=1S/C21H24F3N3O/c1-3-15(21(22,23)24)7-6-14(2)18-13-16(8-12-26-18)20(9-10-20)27-19(28)17-5-4-11-25-17/h3,6-8,12-13,17,25H,1,4-5,9-11H2,2H3,(H,27,28)/b14-6+,15-7+. The van der Waals surface area contributed by atoms with Crippen molar-refractivity contribution in [2.45, 2.75) is 50.4 Å². The predicted molar refractivity (Wildman–Crippen MR) is 102 cm³/mol. The number of rotatable bonds is 6. The van der Waals surface area contributed by atoms with Crippen LogP contribution in [0, 0.1) is 0 Å². The van der Waals surface area contributed by atoms with Crippen molar-refractivity contribution in [2.24, 2.45) is 0 Å². The van der Waals surface area contributed by atoms with Gasteiger partial charge in [0.25, 0.3) is 0 Å². The molecule has 1 aliphatic heterocycles. The first kappa shape index (κ1) is 20.3. The fourth-order valence-corrected chi connectivity index (χ4v) is 3.36. The summed E-state index contributed by atoms with van der Waals surface area (Å²) in [4.78, 5) is 16.7. The molecule has 1 amide bonds. The molecule has 0 spiro atoms. The molecule has 1 unspecified atom stereocenters. The zero-order valence-electron chi connectivity index (χ0n) is 15.8. The third-order valence-electron chi connectivity index (χ3n) is 5.27. The number of nitrogens with one attached hydrogen (secondary N) is 2. The molecule has 3 rings (SSSR count). The first-order valence-corrected chi connectivity index (χ1v) is 9.36. The van der Waals surface area contributed by atoms with Crippen molar-refractivity contribution in [3.8, 4) is 0 Å². The lowest BCUT2D eigenvalue weighted by molar-refractivity contribution is -0.123. The van der Waals surface area contributed by atoms with Crippen LogP contribution in [0.3, 0.4) is 0 Å². The number of carbonyl (C=O) groups excluding carboxylic acids is 1. The Morgan fingerprint density at radius 1 is 1.39 bits per heavy atom. The molecule has 1 atom stereocenters. The van der Waals surface area contributed by atoms with Crippen molar-refractivity contribution in [3.05, 3.63) is 60.0 Å². The van der Waals surface area contributed by atoms with Crippen LogP contribution >= 0.6 is 0 Å². The Kier molecular flexibility index (Phi) is 5.74. The van der Waals surface area contributed by atoms with Crippen LogP contribution in [0.15, 0.2) is 48.7 Å². The van der Waals surface area contributed by atoms with Gasteiger partial charge in [0.1, 0.15) is 0 Å². The molecule has 7 heteroatoms. The number of alkyl halides is 3. The number of pyridine rings is 1. The number of hydrogen-bond acceptors (Lipinski definition) is 3. The largest absolute Gasteiger partial charge is 0.416 e. The highest BCUT2D eigenvalue weighted by molar-refractivity contribution is 5.83. The Balaban J connectivity index is 1.78. The van der Waals surface area contributed by atoms with Crippen molar-refractivity contribution in [1.29, 1.82) is 0 Å². The van der Waals surface area contributed by atoms with Gasteiger partial charge in [-0.05, 0) is 68.5 Å². The molecule has 150 valence electrons. The Hall–Kier alpha value is -2.41. The van der Waals surface area contributed by atoms with E-state index in [0.717, 1.165) is 49.9 Å². The lowest BCUT2D eigenvalue weighted by atomic mass is 10.0. The minimum atomic E-state index is -4.44. The van der Waals surface area contributed by atoms with E-state index < -0.39 is 17.3 Å². The van der Waals surface area contributed by atoms with E-state index in [9.17, 15) is 18.0 Å². The smallest absolute Gasteiger partial charge is 0.345 e. The molecule has 2 heterocycles. The van der Waals surface area contributed by atoms with Gasteiger partial charge in [-0.1, -0.05) is 18.7 Å². The first-order valence-electron chi connectivity index (χ1n) is 9.36. The summed E-state index contributed by atoms with van der Waals surface area (Å²) in [6.45, 7) is 5.78. The highest BCUT2D eigenvalue weighted by Gasteiger charge is 2.46. The van der Waals surface area contributed by atoms with Crippen molar-refractivity contribution >= 4 is 11.5 Å². The average Bonchev–Trinajstić information content (AvgIpc) is 3.22. The number of hydrogen-bond donors (Lipinski definition) is 2. The molecule has 1 saturated carbocycles.